The molecular formula is C20H29N5O2. The van der Waals surface area contributed by atoms with E-state index in [1.54, 1.807) is 7.11 Å². The van der Waals surface area contributed by atoms with Crippen molar-refractivity contribution in [1.82, 2.24) is 20.0 Å². The number of likely N-dealkylation sites (tertiary alicyclic amines) is 1. The van der Waals surface area contributed by atoms with Crippen molar-refractivity contribution >= 4 is 5.96 Å². The molecule has 146 valence electrons. The quantitative estimate of drug-likeness (QED) is 0.460. The highest BCUT2D eigenvalue weighted by Gasteiger charge is 2.26. The van der Waals surface area contributed by atoms with E-state index >= 15 is 0 Å². The Hall–Kier alpha value is -2.70. The molecule has 1 aliphatic heterocycles. The minimum Gasteiger partial charge on any atom is -0.497 e. The third-order valence-electron chi connectivity index (χ3n) is 4.83. The van der Waals surface area contributed by atoms with E-state index in [2.05, 4.69) is 26.5 Å². The summed E-state index contributed by atoms with van der Waals surface area (Å²) in [7, 11) is 5.46. The zero-order chi connectivity index (χ0) is 19.1. The number of benzene rings is 1. The number of nitrogens with one attached hydrogen (secondary N) is 1. The molecular weight excluding hydrogens is 342 g/mol. The van der Waals surface area contributed by atoms with E-state index in [-0.39, 0.29) is 0 Å². The van der Waals surface area contributed by atoms with E-state index in [4.69, 9.17) is 9.47 Å². The lowest BCUT2D eigenvalue weighted by Crippen LogP contribution is -2.40. The molecule has 3 rings (SSSR count). The highest BCUT2D eigenvalue weighted by Crippen LogP contribution is 2.26. The maximum atomic E-state index is 5.77. The fourth-order valence-corrected chi connectivity index (χ4v) is 3.34. The zero-order valence-corrected chi connectivity index (χ0v) is 16.4. The second kappa shape index (κ2) is 9.30. The highest BCUT2D eigenvalue weighted by molar-refractivity contribution is 5.80. The van der Waals surface area contributed by atoms with E-state index in [0.717, 1.165) is 49.9 Å². The topological polar surface area (TPSA) is 63.9 Å². The Morgan fingerprint density at radius 2 is 2.07 bits per heavy atom. The summed E-state index contributed by atoms with van der Waals surface area (Å²) >= 11 is 0. The maximum absolute atomic E-state index is 5.77. The van der Waals surface area contributed by atoms with Crippen LogP contribution in [0.5, 0.6) is 11.5 Å². The second-order valence-electron chi connectivity index (χ2n) is 6.73. The smallest absolute Gasteiger partial charge is 0.193 e. The first kappa shape index (κ1) is 19.1. The maximum Gasteiger partial charge on any atom is 0.193 e. The average Bonchev–Trinajstić information content (AvgIpc) is 3.34. The van der Waals surface area contributed by atoms with E-state index in [1.807, 2.05) is 49.2 Å². The molecule has 0 radical (unpaired) electrons. The normalized spacial score (nSPS) is 17.2. The fourth-order valence-electron chi connectivity index (χ4n) is 3.34. The summed E-state index contributed by atoms with van der Waals surface area (Å²) in [6.45, 7) is 3.49. The van der Waals surface area contributed by atoms with Crippen molar-refractivity contribution in [1.29, 1.82) is 0 Å². The minimum absolute atomic E-state index is 0.524. The van der Waals surface area contributed by atoms with Gasteiger partial charge in [-0.2, -0.15) is 5.10 Å². The zero-order valence-electron chi connectivity index (χ0n) is 16.4. The van der Waals surface area contributed by atoms with Crippen LogP contribution in [0.1, 0.15) is 24.3 Å². The third kappa shape index (κ3) is 5.15. The van der Waals surface area contributed by atoms with Gasteiger partial charge in [-0.25, -0.2) is 0 Å². The van der Waals surface area contributed by atoms with Gasteiger partial charge in [-0.1, -0.05) is 0 Å². The molecule has 0 saturated carbocycles. The molecule has 0 spiro atoms. The summed E-state index contributed by atoms with van der Waals surface area (Å²) in [5.74, 6) is 3.18. The molecule has 1 N–H and O–H groups in total. The summed E-state index contributed by atoms with van der Waals surface area (Å²) in [5.41, 5.74) is 1.31. The Morgan fingerprint density at radius 3 is 2.74 bits per heavy atom. The summed E-state index contributed by atoms with van der Waals surface area (Å²) in [4.78, 5) is 6.76. The highest BCUT2D eigenvalue weighted by atomic mass is 16.5. The number of nitrogens with zero attached hydrogens (tertiary/aromatic N) is 4. The first-order valence-corrected chi connectivity index (χ1v) is 9.40. The van der Waals surface area contributed by atoms with Crippen molar-refractivity contribution in [3.05, 3.63) is 42.2 Å². The number of aromatic nitrogens is 2. The molecule has 1 aromatic carbocycles. The fraction of sp³-hybridized carbons (Fsp3) is 0.500. The summed E-state index contributed by atoms with van der Waals surface area (Å²) in [6, 6.07) is 7.66. The standard InChI is InChI=1S/C20H29N5O2/c1-21-20(25-11-9-16(15-25)17-13-23-24(2)14-17)22-10-4-12-27-19-7-5-18(26-3)6-8-19/h5-8,13-14,16H,4,9-12,15H2,1-3H3,(H,21,22). The van der Waals surface area contributed by atoms with Crippen LogP contribution in [0.15, 0.2) is 41.7 Å². The van der Waals surface area contributed by atoms with Gasteiger partial charge in [0.15, 0.2) is 5.96 Å². The number of hydrogen-bond acceptors (Lipinski definition) is 4. The number of methoxy groups -OCH3 is 1. The van der Waals surface area contributed by atoms with Gasteiger partial charge in [-0.15, -0.1) is 0 Å². The molecule has 1 aliphatic rings. The number of aliphatic imine (C=N–C) groups is 1. The Kier molecular flexibility index (Phi) is 6.57. The van der Waals surface area contributed by atoms with E-state index in [0.29, 0.717) is 12.5 Å². The molecule has 0 aliphatic carbocycles. The van der Waals surface area contributed by atoms with Crippen LogP contribution in [0, 0.1) is 0 Å². The lowest BCUT2D eigenvalue weighted by atomic mass is 10.0. The minimum atomic E-state index is 0.524. The van der Waals surface area contributed by atoms with Crippen LogP contribution < -0.4 is 14.8 Å². The van der Waals surface area contributed by atoms with Gasteiger partial charge in [-0.3, -0.25) is 9.67 Å². The first-order chi connectivity index (χ1) is 13.2. The number of rotatable bonds is 7. The molecule has 2 aromatic rings. The van der Waals surface area contributed by atoms with E-state index in [9.17, 15) is 0 Å². The SMILES string of the molecule is CN=C(NCCCOc1ccc(OC)cc1)N1CCC(c2cnn(C)c2)C1. The van der Waals surface area contributed by atoms with Gasteiger partial charge in [-0.05, 0) is 42.7 Å². The monoisotopic (exact) mass is 371 g/mol. The van der Waals surface area contributed by atoms with Gasteiger partial charge in [0.25, 0.3) is 0 Å². The average molecular weight is 371 g/mol. The Labute approximate surface area is 161 Å². The van der Waals surface area contributed by atoms with Gasteiger partial charge >= 0.3 is 0 Å². The number of guanidine groups is 1. The third-order valence-corrected chi connectivity index (χ3v) is 4.83. The Morgan fingerprint density at radius 1 is 1.30 bits per heavy atom. The molecule has 0 amide bonds. The summed E-state index contributed by atoms with van der Waals surface area (Å²) in [5, 5.41) is 7.74. The number of ether oxygens (including phenoxy) is 2. The Balaban J connectivity index is 1.38. The first-order valence-electron chi connectivity index (χ1n) is 9.40. The van der Waals surface area contributed by atoms with E-state index < -0.39 is 0 Å². The van der Waals surface area contributed by atoms with Crippen molar-refractivity contribution in [3.63, 3.8) is 0 Å². The molecule has 1 aromatic heterocycles. The van der Waals surface area contributed by atoms with Crippen molar-refractivity contribution in [2.24, 2.45) is 12.0 Å². The van der Waals surface area contributed by atoms with Crippen LogP contribution in [0.2, 0.25) is 0 Å². The number of hydrogen-bond donors (Lipinski definition) is 1. The van der Waals surface area contributed by atoms with Crippen LogP contribution in [-0.2, 0) is 7.05 Å². The number of aryl methyl sites for hydroxylation is 1. The van der Waals surface area contributed by atoms with Gasteiger partial charge in [0.05, 0.1) is 19.9 Å². The van der Waals surface area contributed by atoms with Gasteiger partial charge in [0, 0.05) is 45.8 Å². The summed E-state index contributed by atoms with van der Waals surface area (Å²) in [6.07, 6.45) is 6.12. The molecule has 1 fully saturated rings. The van der Waals surface area contributed by atoms with Crippen LogP contribution in [0.3, 0.4) is 0 Å². The van der Waals surface area contributed by atoms with Crippen molar-refractivity contribution < 1.29 is 9.47 Å². The van der Waals surface area contributed by atoms with Gasteiger partial charge in [0.1, 0.15) is 11.5 Å². The van der Waals surface area contributed by atoms with Crippen molar-refractivity contribution in [2.45, 2.75) is 18.8 Å². The lowest BCUT2D eigenvalue weighted by Gasteiger charge is -2.21. The van der Waals surface area contributed by atoms with Gasteiger partial charge in [0.2, 0.25) is 0 Å². The Bertz CT molecular complexity index is 741. The van der Waals surface area contributed by atoms with Crippen LogP contribution in [-0.4, -0.2) is 61.0 Å². The summed E-state index contributed by atoms with van der Waals surface area (Å²) < 4.78 is 12.8. The molecule has 1 unspecified atom stereocenters. The second-order valence-corrected chi connectivity index (χ2v) is 6.73. The molecule has 1 atom stereocenters. The lowest BCUT2D eigenvalue weighted by molar-refractivity contribution is 0.309. The van der Waals surface area contributed by atoms with Crippen LogP contribution in [0.25, 0.3) is 0 Å². The van der Waals surface area contributed by atoms with E-state index in [1.165, 1.54) is 5.56 Å². The predicted octanol–water partition coefficient (Wildman–Crippen LogP) is 2.26. The predicted molar refractivity (Wildman–Crippen MR) is 107 cm³/mol. The molecule has 2 heterocycles. The largest absolute Gasteiger partial charge is 0.497 e. The van der Waals surface area contributed by atoms with Crippen LogP contribution in [0.4, 0.5) is 0 Å². The van der Waals surface area contributed by atoms with Crippen LogP contribution >= 0.6 is 0 Å². The molecule has 0 bridgehead atoms. The van der Waals surface area contributed by atoms with Crippen molar-refractivity contribution in [3.8, 4) is 11.5 Å². The molecule has 7 heteroatoms. The molecule has 1 saturated heterocycles. The van der Waals surface area contributed by atoms with Gasteiger partial charge < -0.3 is 19.7 Å². The van der Waals surface area contributed by atoms with Crippen molar-refractivity contribution in [2.75, 3.05) is 40.4 Å². The molecule has 7 nitrogen and oxygen atoms in total. The molecule has 27 heavy (non-hydrogen) atoms.